The highest BCUT2D eigenvalue weighted by Crippen LogP contribution is 2.21. The van der Waals surface area contributed by atoms with Crippen LogP contribution in [-0.2, 0) is 0 Å². The molecule has 98 valence electrons. The van der Waals surface area contributed by atoms with Gasteiger partial charge in [0, 0.05) is 30.4 Å². The first-order valence-corrected chi connectivity index (χ1v) is 5.49. The number of nitro benzene ring substituents is 1. The number of amides is 1. The maximum atomic E-state index is 11.2. The van der Waals surface area contributed by atoms with E-state index in [0.717, 1.165) is 12.5 Å². The summed E-state index contributed by atoms with van der Waals surface area (Å²) >= 11 is 0. The summed E-state index contributed by atoms with van der Waals surface area (Å²) in [6, 6.07) is 3.99. The molecule has 0 bridgehead atoms. The lowest BCUT2D eigenvalue weighted by molar-refractivity contribution is -0.384. The van der Waals surface area contributed by atoms with Gasteiger partial charge in [-0.2, -0.15) is 0 Å². The maximum Gasteiger partial charge on any atom is 0.270 e. The summed E-state index contributed by atoms with van der Waals surface area (Å²) in [5, 5.41) is 13.6. The van der Waals surface area contributed by atoms with Crippen molar-refractivity contribution in [3.05, 3.63) is 33.9 Å². The van der Waals surface area contributed by atoms with Gasteiger partial charge in [-0.3, -0.25) is 14.9 Å². The molecule has 1 unspecified atom stereocenters. The Morgan fingerprint density at radius 1 is 1.56 bits per heavy atom. The van der Waals surface area contributed by atoms with Crippen LogP contribution in [0.3, 0.4) is 0 Å². The fourth-order valence-electron chi connectivity index (χ4n) is 1.44. The Morgan fingerprint density at radius 2 is 2.22 bits per heavy atom. The van der Waals surface area contributed by atoms with Gasteiger partial charge in [0.2, 0.25) is 0 Å². The van der Waals surface area contributed by atoms with Crippen LogP contribution < -0.4 is 16.8 Å². The number of nitro groups is 1. The monoisotopic (exact) mass is 252 g/mol. The second-order valence-electron chi connectivity index (χ2n) is 4.04. The highest BCUT2D eigenvalue weighted by Gasteiger charge is 2.14. The number of non-ortho nitro benzene ring substituents is 1. The van der Waals surface area contributed by atoms with Crippen molar-refractivity contribution in [2.45, 2.75) is 19.4 Å². The molecule has 0 saturated carbocycles. The van der Waals surface area contributed by atoms with E-state index in [9.17, 15) is 14.9 Å². The van der Waals surface area contributed by atoms with E-state index in [1.165, 1.54) is 12.1 Å². The summed E-state index contributed by atoms with van der Waals surface area (Å²) in [5.74, 6) is -0.706. The topological polar surface area (TPSA) is 124 Å². The van der Waals surface area contributed by atoms with Crippen LogP contribution >= 0.6 is 0 Å². The van der Waals surface area contributed by atoms with E-state index in [-0.39, 0.29) is 17.3 Å². The zero-order valence-corrected chi connectivity index (χ0v) is 10.1. The van der Waals surface area contributed by atoms with Crippen LogP contribution in [0.4, 0.5) is 11.4 Å². The van der Waals surface area contributed by atoms with Crippen molar-refractivity contribution in [2.24, 2.45) is 11.5 Å². The third-order valence-corrected chi connectivity index (χ3v) is 2.39. The Balaban J connectivity index is 2.90. The van der Waals surface area contributed by atoms with Crippen molar-refractivity contribution in [1.82, 2.24) is 0 Å². The summed E-state index contributed by atoms with van der Waals surface area (Å²) in [6.45, 7) is 2.43. The average molecular weight is 252 g/mol. The van der Waals surface area contributed by atoms with Crippen LogP contribution in [0.5, 0.6) is 0 Å². The van der Waals surface area contributed by atoms with Crippen molar-refractivity contribution >= 4 is 17.3 Å². The van der Waals surface area contributed by atoms with Crippen molar-refractivity contribution in [2.75, 3.05) is 11.9 Å². The number of hydrogen-bond acceptors (Lipinski definition) is 5. The fourth-order valence-corrected chi connectivity index (χ4v) is 1.44. The zero-order valence-electron chi connectivity index (χ0n) is 10.1. The predicted molar refractivity (Wildman–Crippen MR) is 68.4 cm³/mol. The van der Waals surface area contributed by atoms with Crippen molar-refractivity contribution < 1.29 is 9.72 Å². The molecule has 5 N–H and O–H groups in total. The lowest BCUT2D eigenvalue weighted by Gasteiger charge is -2.11. The lowest BCUT2D eigenvalue weighted by atomic mass is 10.1. The Labute approximate surface area is 104 Å². The SMILES string of the molecule is CC(N)CCNc1ccc([N+](=O)[O-])cc1C(N)=O. The molecule has 1 aromatic carbocycles. The summed E-state index contributed by atoms with van der Waals surface area (Å²) in [6.07, 6.45) is 0.717. The van der Waals surface area contributed by atoms with Gasteiger partial charge < -0.3 is 16.8 Å². The molecule has 7 heteroatoms. The van der Waals surface area contributed by atoms with Crippen LogP contribution in [0.15, 0.2) is 18.2 Å². The van der Waals surface area contributed by atoms with Gasteiger partial charge >= 0.3 is 0 Å². The predicted octanol–water partition coefficient (Wildman–Crippen LogP) is 0.843. The van der Waals surface area contributed by atoms with Gasteiger partial charge in [-0.05, 0) is 19.4 Å². The van der Waals surface area contributed by atoms with Crippen LogP contribution in [0.2, 0.25) is 0 Å². The minimum atomic E-state index is -0.706. The number of carbonyl (C=O) groups is 1. The van der Waals surface area contributed by atoms with Crippen molar-refractivity contribution in [1.29, 1.82) is 0 Å². The first-order valence-electron chi connectivity index (χ1n) is 5.49. The molecule has 0 aliphatic rings. The molecular formula is C11H16N4O3. The van der Waals surface area contributed by atoms with Gasteiger partial charge in [-0.25, -0.2) is 0 Å². The summed E-state index contributed by atoms with van der Waals surface area (Å²) in [4.78, 5) is 21.3. The Bertz CT molecular complexity index is 460. The van der Waals surface area contributed by atoms with E-state index in [2.05, 4.69) is 5.32 Å². The van der Waals surface area contributed by atoms with E-state index in [1.807, 2.05) is 6.92 Å². The van der Waals surface area contributed by atoms with E-state index in [0.29, 0.717) is 12.2 Å². The molecule has 0 aliphatic carbocycles. The molecule has 0 aliphatic heterocycles. The first kappa shape index (κ1) is 13.9. The van der Waals surface area contributed by atoms with Crippen LogP contribution in [0, 0.1) is 10.1 Å². The number of benzene rings is 1. The summed E-state index contributed by atoms with van der Waals surface area (Å²) < 4.78 is 0. The number of anilines is 1. The normalized spacial score (nSPS) is 11.9. The number of hydrogen-bond donors (Lipinski definition) is 3. The highest BCUT2D eigenvalue weighted by molar-refractivity contribution is 5.99. The molecule has 0 heterocycles. The number of primary amides is 1. The Morgan fingerprint density at radius 3 is 2.72 bits per heavy atom. The third-order valence-electron chi connectivity index (χ3n) is 2.39. The molecule has 1 aromatic rings. The number of nitrogens with zero attached hydrogens (tertiary/aromatic N) is 1. The summed E-state index contributed by atoms with van der Waals surface area (Å²) in [7, 11) is 0. The second-order valence-corrected chi connectivity index (χ2v) is 4.04. The molecule has 1 rings (SSSR count). The number of rotatable bonds is 6. The van der Waals surface area contributed by atoms with Crippen molar-refractivity contribution in [3.8, 4) is 0 Å². The Hall–Kier alpha value is -2.15. The molecule has 0 spiro atoms. The molecule has 1 amide bonds. The zero-order chi connectivity index (χ0) is 13.7. The molecule has 1 atom stereocenters. The smallest absolute Gasteiger partial charge is 0.270 e. The molecular weight excluding hydrogens is 236 g/mol. The van der Waals surface area contributed by atoms with Gasteiger partial charge in [-0.15, -0.1) is 0 Å². The third kappa shape index (κ3) is 3.70. The lowest BCUT2D eigenvalue weighted by Crippen LogP contribution is -2.20. The minimum absolute atomic E-state index is 0.0348. The van der Waals surface area contributed by atoms with Gasteiger partial charge in [0.15, 0.2) is 0 Å². The average Bonchev–Trinajstić information content (AvgIpc) is 2.28. The van der Waals surface area contributed by atoms with E-state index in [1.54, 1.807) is 0 Å². The van der Waals surface area contributed by atoms with Crippen molar-refractivity contribution in [3.63, 3.8) is 0 Å². The van der Waals surface area contributed by atoms with E-state index in [4.69, 9.17) is 11.5 Å². The molecule has 0 fully saturated rings. The first-order chi connectivity index (χ1) is 8.41. The van der Waals surface area contributed by atoms with Crippen LogP contribution in [0.1, 0.15) is 23.7 Å². The molecule has 7 nitrogen and oxygen atoms in total. The molecule has 0 radical (unpaired) electrons. The Kier molecular flexibility index (Phi) is 4.61. The molecule has 0 saturated heterocycles. The van der Waals surface area contributed by atoms with E-state index >= 15 is 0 Å². The van der Waals surface area contributed by atoms with Crippen LogP contribution in [0.25, 0.3) is 0 Å². The van der Waals surface area contributed by atoms with E-state index < -0.39 is 10.8 Å². The number of nitrogens with one attached hydrogen (secondary N) is 1. The van der Waals surface area contributed by atoms with Crippen LogP contribution in [-0.4, -0.2) is 23.4 Å². The fraction of sp³-hybridized carbons (Fsp3) is 0.364. The largest absolute Gasteiger partial charge is 0.384 e. The van der Waals surface area contributed by atoms with Gasteiger partial charge in [0.1, 0.15) is 0 Å². The highest BCUT2D eigenvalue weighted by atomic mass is 16.6. The quantitative estimate of drug-likeness (QED) is 0.511. The standard InChI is InChI=1S/C11H16N4O3/c1-7(12)4-5-14-10-3-2-8(15(17)18)6-9(10)11(13)16/h2-3,6-7,14H,4-5,12H2,1H3,(H2,13,16). The molecule has 18 heavy (non-hydrogen) atoms. The van der Waals surface area contributed by atoms with Gasteiger partial charge in [0.25, 0.3) is 11.6 Å². The maximum absolute atomic E-state index is 11.2. The van der Waals surface area contributed by atoms with Gasteiger partial charge in [-0.1, -0.05) is 0 Å². The number of carbonyl (C=O) groups excluding carboxylic acids is 1. The second kappa shape index (κ2) is 5.97. The minimum Gasteiger partial charge on any atom is -0.384 e. The van der Waals surface area contributed by atoms with Gasteiger partial charge in [0.05, 0.1) is 10.5 Å². The number of nitrogens with two attached hydrogens (primary N) is 2. The summed E-state index contributed by atoms with van der Waals surface area (Å²) in [5.41, 5.74) is 11.2. The molecule has 0 aromatic heterocycles.